The fourth-order valence-electron chi connectivity index (χ4n) is 3.89. The minimum Gasteiger partial charge on any atom is -0.349 e. The Bertz CT molecular complexity index is 930. The summed E-state index contributed by atoms with van der Waals surface area (Å²) in [5.41, 5.74) is 1.50. The number of benzene rings is 1. The van der Waals surface area contributed by atoms with Crippen molar-refractivity contribution in [3.8, 4) is 0 Å². The third-order valence-electron chi connectivity index (χ3n) is 5.45. The SMILES string of the molecule is O=C(NC1CCCCC1)c1cccc(S(=O)(=O)N2CCc3sccc3C2)c1. The second-order valence-electron chi connectivity index (χ2n) is 7.29. The zero-order valence-electron chi connectivity index (χ0n) is 15.2. The first kappa shape index (κ1) is 18.7. The molecule has 4 rings (SSSR count). The van der Waals surface area contributed by atoms with Crippen LogP contribution in [0.25, 0.3) is 0 Å². The van der Waals surface area contributed by atoms with Crippen molar-refractivity contribution < 1.29 is 13.2 Å². The van der Waals surface area contributed by atoms with E-state index in [1.165, 1.54) is 21.7 Å². The molecule has 1 aromatic heterocycles. The second kappa shape index (κ2) is 7.73. The molecule has 1 fully saturated rings. The van der Waals surface area contributed by atoms with E-state index in [0.29, 0.717) is 18.7 Å². The predicted octanol–water partition coefficient (Wildman–Crippen LogP) is 3.56. The van der Waals surface area contributed by atoms with E-state index in [-0.39, 0.29) is 16.8 Å². The minimum atomic E-state index is -3.61. The van der Waals surface area contributed by atoms with Crippen LogP contribution in [0.1, 0.15) is 52.9 Å². The Morgan fingerprint density at radius 3 is 2.78 bits per heavy atom. The molecule has 1 N–H and O–H groups in total. The Kier molecular flexibility index (Phi) is 5.34. The lowest BCUT2D eigenvalue weighted by atomic mass is 9.95. The summed E-state index contributed by atoms with van der Waals surface area (Å²) in [7, 11) is -3.61. The monoisotopic (exact) mass is 404 g/mol. The first-order chi connectivity index (χ1) is 13.0. The highest BCUT2D eigenvalue weighted by Crippen LogP contribution is 2.28. The van der Waals surface area contributed by atoms with Gasteiger partial charge >= 0.3 is 0 Å². The third-order valence-corrected chi connectivity index (χ3v) is 8.31. The van der Waals surface area contributed by atoms with Crippen molar-refractivity contribution in [2.75, 3.05) is 6.54 Å². The van der Waals surface area contributed by atoms with Gasteiger partial charge in [0, 0.05) is 29.6 Å². The number of rotatable bonds is 4. The van der Waals surface area contributed by atoms with Gasteiger partial charge < -0.3 is 5.32 Å². The van der Waals surface area contributed by atoms with Gasteiger partial charge in [-0.05, 0) is 54.5 Å². The third kappa shape index (κ3) is 3.95. The number of thiophene rings is 1. The molecule has 1 aliphatic carbocycles. The molecule has 7 heteroatoms. The average molecular weight is 405 g/mol. The van der Waals surface area contributed by atoms with Crippen molar-refractivity contribution in [3.63, 3.8) is 0 Å². The summed E-state index contributed by atoms with van der Waals surface area (Å²) in [6.45, 7) is 0.883. The zero-order valence-corrected chi connectivity index (χ0v) is 16.8. The van der Waals surface area contributed by atoms with Crippen LogP contribution in [0, 0.1) is 0 Å². The number of sulfonamides is 1. The number of hydrogen-bond acceptors (Lipinski definition) is 4. The first-order valence-corrected chi connectivity index (χ1v) is 11.8. The number of amides is 1. The van der Waals surface area contributed by atoms with E-state index in [1.54, 1.807) is 29.5 Å². The van der Waals surface area contributed by atoms with Crippen LogP contribution in [-0.2, 0) is 23.0 Å². The predicted molar refractivity (Wildman–Crippen MR) is 106 cm³/mol. The Balaban J connectivity index is 1.52. The Morgan fingerprint density at radius 2 is 1.96 bits per heavy atom. The van der Waals surface area contributed by atoms with Crippen LogP contribution in [0.4, 0.5) is 0 Å². The van der Waals surface area contributed by atoms with E-state index >= 15 is 0 Å². The van der Waals surface area contributed by atoms with Crippen molar-refractivity contribution in [2.24, 2.45) is 0 Å². The fourth-order valence-corrected chi connectivity index (χ4v) is 6.25. The standard InChI is InChI=1S/C20H24N2O3S2/c23-20(21-17-6-2-1-3-7-17)15-5-4-8-18(13-15)27(24,25)22-11-9-19-16(14-22)10-12-26-19/h4-5,8,10,12-13,17H,1-3,6-7,9,11,14H2,(H,21,23). The van der Waals surface area contributed by atoms with E-state index in [1.807, 2.05) is 11.4 Å². The summed E-state index contributed by atoms with van der Waals surface area (Å²) < 4.78 is 27.7. The Hall–Kier alpha value is -1.70. The van der Waals surface area contributed by atoms with Crippen LogP contribution >= 0.6 is 11.3 Å². The summed E-state index contributed by atoms with van der Waals surface area (Å²) in [5, 5.41) is 5.07. The molecule has 0 bridgehead atoms. The summed E-state index contributed by atoms with van der Waals surface area (Å²) in [6.07, 6.45) is 6.24. The maximum Gasteiger partial charge on any atom is 0.251 e. The van der Waals surface area contributed by atoms with Gasteiger partial charge in [0.15, 0.2) is 0 Å². The van der Waals surface area contributed by atoms with E-state index in [0.717, 1.165) is 37.7 Å². The van der Waals surface area contributed by atoms with Crippen LogP contribution in [0.15, 0.2) is 40.6 Å². The largest absolute Gasteiger partial charge is 0.349 e. The highest BCUT2D eigenvalue weighted by molar-refractivity contribution is 7.89. The van der Waals surface area contributed by atoms with Gasteiger partial charge in [0.2, 0.25) is 10.0 Å². The van der Waals surface area contributed by atoms with Gasteiger partial charge in [0.25, 0.3) is 5.91 Å². The molecule has 2 aromatic rings. The van der Waals surface area contributed by atoms with Gasteiger partial charge in [-0.2, -0.15) is 4.31 Å². The molecule has 1 amide bonds. The van der Waals surface area contributed by atoms with Gasteiger partial charge in [0.05, 0.1) is 4.90 Å². The molecule has 1 aliphatic heterocycles. The molecule has 2 heterocycles. The lowest BCUT2D eigenvalue weighted by molar-refractivity contribution is 0.0927. The lowest BCUT2D eigenvalue weighted by Gasteiger charge is -2.26. The first-order valence-electron chi connectivity index (χ1n) is 9.50. The number of fused-ring (bicyclic) bond motifs is 1. The van der Waals surface area contributed by atoms with E-state index in [4.69, 9.17) is 0 Å². The molecule has 27 heavy (non-hydrogen) atoms. The number of carbonyl (C=O) groups excluding carboxylic acids is 1. The molecule has 1 aromatic carbocycles. The second-order valence-corrected chi connectivity index (χ2v) is 10.2. The summed E-state index contributed by atoms with van der Waals surface area (Å²) in [6, 6.07) is 8.63. The van der Waals surface area contributed by atoms with Crippen LogP contribution in [0.5, 0.6) is 0 Å². The molecular weight excluding hydrogens is 380 g/mol. The molecule has 5 nitrogen and oxygen atoms in total. The summed E-state index contributed by atoms with van der Waals surface area (Å²) >= 11 is 1.68. The van der Waals surface area contributed by atoms with Crippen molar-refractivity contribution in [3.05, 3.63) is 51.7 Å². The van der Waals surface area contributed by atoms with Gasteiger partial charge in [0.1, 0.15) is 0 Å². The molecule has 2 aliphatic rings. The Labute approximate surface area is 164 Å². The van der Waals surface area contributed by atoms with Crippen LogP contribution in [-0.4, -0.2) is 31.2 Å². The minimum absolute atomic E-state index is 0.183. The molecule has 0 unspecified atom stereocenters. The smallest absolute Gasteiger partial charge is 0.251 e. The van der Waals surface area contributed by atoms with Crippen LogP contribution in [0.3, 0.4) is 0 Å². The van der Waals surface area contributed by atoms with E-state index in [2.05, 4.69) is 5.32 Å². The normalized spacial score (nSPS) is 18.8. The molecule has 144 valence electrons. The van der Waals surface area contributed by atoms with Crippen LogP contribution < -0.4 is 5.32 Å². The van der Waals surface area contributed by atoms with E-state index in [9.17, 15) is 13.2 Å². The highest BCUT2D eigenvalue weighted by atomic mass is 32.2. The molecule has 0 radical (unpaired) electrons. The highest BCUT2D eigenvalue weighted by Gasteiger charge is 2.29. The zero-order chi connectivity index (χ0) is 18.9. The number of nitrogens with zero attached hydrogens (tertiary/aromatic N) is 1. The van der Waals surface area contributed by atoms with Gasteiger partial charge in [-0.25, -0.2) is 8.42 Å². The molecular formula is C20H24N2O3S2. The van der Waals surface area contributed by atoms with E-state index < -0.39 is 10.0 Å². The van der Waals surface area contributed by atoms with Crippen LogP contribution in [0.2, 0.25) is 0 Å². The molecule has 0 spiro atoms. The number of hydrogen-bond donors (Lipinski definition) is 1. The molecule has 0 atom stereocenters. The van der Waals surface area contributed by atoms with Crippen molar-refractivity contribution in [2.45, 2.75) is 56.0 Å². The van der Waals surface area contributed by atoms with Gasteiger partial charge in [-0.3, -0.25) is 4.79 Å². The quantitative estimate of drug-likeness (QED) is 0.847. The molecule has 1 saturated carbocycles. The lowest BCUT2D eigenvalue weighted by Crippen LogP contribution is -2.37. The van der Waals surface area contributed by atoms with Gasteiger partial charge in [-0.1, -0.05) is 25.3 Å². The molecule has 0 saturated heterocycles. The van der Waals surface area contributed by atoms with Crippen molar-refractivity contribution in [1.82, 2.24) is 9.62 Å². The average Bonchev–Trinajstić information content (AvgIpc) is 3.17. The maximum atomic E-state index is 13.1. The maximum absolute atomic E-state index is 13.1. The number of carbonyl (C=O) groups is 1. The fraction of sp³-hybridized carbons (Fsp3) is 0.450. The van der Waals surface area contributed by atoms with Crippen molar-refractivity contribution >= 4 is 27.3 Å². The summed E-state index contributed by atoms with van der Waals surface area (Å²) in [4.78, 5) is 14.0. The van der Waals surface area contributed by atoms with Gasteiger partial charge in [-0.15, -0.1) is 11.3 Å². The number of nitrogens with one attached hydrogen (secondary N) is 1. The topological polar surface area (TPSA) is 66.5 Å². The summed E-state index contributed by atoms with van der Waals surface area (Å²) in [5.74, 6) is -0.183. The van der Waals surface area contributed by atoms with Crippen molar-refractivity contribution in [1.29, 1.82) is 0 Å². The Morgan fingerprint density at radius 1 is 1.15 bits per heavy atom.